The quantitative estimate of drug-likeness (QED) is 0.246. The van der Waals surface area contributed by atoms with Gasteiger partial charge in [0.1, 0.15) is 11.6 Å². The maximum absolute atomic E-state index is 13.5. The Kier molecular flexibility index (Phi) is 9.69. The van der Waals surface area contributed by atoms with Gasteiger partial charge in [-0.05, 0) is 85.0 Å². The number of methoxy groups -OCH3 is 2. The Bertz CT molecular complexity index is 1140. The van der Waals surface area contributed by atoms with Gasteiger partial charge in [0.2, 0.25) is 0 Å². The maximum Gasteiger partial charge on any atom is 0.161 e. The average molecular weight is 542 g/mol. The third kappa shape index (κ3) is 6.50. The summed E-state index contributed by atoms with van der Waals surface area (Å²) in [5.41, 5.74) is 4.10. The van der Waals surface area contributed by atoms with Crippen molar-refractivity contribution in [3.05, 3.63) is 94.6 Å². The van der Waals surface area contributed by atoms with Crippen LogP contribution >= 0.6 is 11.8 Å². The van der Waals surface area contributed by atoms with Crippen molar-refractivity contribution < 1.29 is 23.0 Å². The molecule has 1 unspecified atom stereocenters. The van der Waals surface area contributed by atoms with Crippen LogP contribution in [0.5, 0.6) is 11.5 Å². The highest BCUT2D eigenvalue weighted by molar-refractivity contribution is 7.99. The van der Waals surface area contributed by atoms with E-state index in [1.54, 1.807) is 26.0 Å². The number of rotatable bonds is 12. The Morgan fingerprint density at radius 1 is 0.921 bits per heavy atom. The van der Waals surface area contributed by atoms with E-state index < -0.39 is 0 Å². The summed E-state index contributed by atoms with van der Waals surface area (Å²) in [6.45, 7) is 4.62. The van der Waals surface area contributed by atoms with Gasteiger partial charge < -0.3 is 19.1 Å². The first-order chi connectivity index (χ1) is 18.4. The van der Waals surface area contributed by atoms with Gasteiger partial charge in [-0.15, -0.1) is 11.8 Å². The van der Waals surface area contributed by atoms with E-state index in [2.05, 4.69) is 31.0 Å². The van der Waals surface area contributed by atoms with Crippen molar-refractivity contribution in [1.29, 1.82) is 0 Å². The summed E-state index contributed by atoms with van der Waals surface area (Å²) in [5, 5.41) is 0.00239. The van der Waals surface area contributed by atoms with Crippen molar-refractivity contribution in [3.63, 3.8) is 0 Å². The predicted octanol–water partition coefficient (Wildman–Crippen LogP) is 7.00. The topological polar surface area (TPSA) is 30.9 Å². The fraction of sp³-hybridized carbons (Fsp3) is 0.419. The van der Waals surface area contributed by atoms with Crippen LogP contribution in [0.2, 0.25) is 0 Å². The lowest BCUT2D eigenvalue weighted by molar-refractivity contribution is -0.0731. The SMILES string of the molecule is CCC1(CCN(C)CCSC(c2ccc(F)cc2)c2ccc(F)cc2)OCCc2cc(OC)c(OC)cc21. The molecule has 0 fully saturated rings. The van der Waals surface area contributed by atoms with Crippen LogP contribution in [0.25, 0.3) is 0 Å². The number of nitrogens with zero attached hydrogens (tertiary/aromatic N) is 1. The van der Waals surface area contributed by atoms with Crippen LogP contribution in [0.4, 0.5) is 8.78 Å². The molecule has 1 aliphatic heterocycles. The van der Waals surface area contributed by atoms with Crippen molar-refractivity contribution in [2.45, 2.75) is 37.0 Å². The van der Waals surface area contributed by atoms with E-state index in [1.165, 1.54) is 35.4 Å². The first kappa shape index (κ1) is 28.4. The molecule has 0 radical (unpaired) electrons. The molecular weight excluding hydrogens is 504 g/mol. The highest BCUT2D eigenvalue weighted by atomic mass is 32.2. The highest BCUT2D eigenvalue weighted by Crippen LogP contribution is 2.44. The molecule has 0 saturated heterocycles. The van der Waals surface area contributed by atoms with Crippen molar-refractivity contribution in [1.82, 2.24) is 4.90 Å². The van der Waals surface area contributed by atoms with E-state index in [9.17, 15) is 8.78 Å². The van der Waals surface area contributed by atoms with Gasteiger partial charge in [-0.3, -0.25) is 0 Å². The Morgan fingerprint density at radius 2 is 1.50 bits per heavy atom. The molecule has 4 rings (SSSR count). The third-order valence-corrected chi connectivity index (χ3v) is 8.72. The van der Waals surface area contributed by atoms with Gasteiger partial charge in [0.25, 0.3) is 0 Å². The molecule has 0 aromatic heterocycles. The molecule has 1 heterocycles. The van der Waals surface area contributed by atoms with Crippen molar-refractivity contribution in [3.8, 4) is 11.5 Å². The van der Waals surface area contributed by atoms with Crippen LogP contribution in [-0.4, -0.2) is 51.6 Å². The summed E-state index contributed by atoms with van der Waals surface area (Å²) in [6, 6.07) is 17.3. The lowest BCUT2D eigenvalue weighted by atomic mass is 9.81. The second kappa shape index (κ2) is 13.0. The Balaban J connectivity index is 1.41. The second-order valence-corrected chi connectivity index (χ2v) is 10.9. The summed E-state index contributed by atoms with van der Waals surface area (Å²) >= 11 is 1.78. The zero-order valence-electron chi connectivity index (χ0n) is 22.6. The molecule has 0 spiro atoms. The fourth-order valence-electron chi connectivity index (χ4n) is 5.13. The van der Waals surface area contributed by atoms with Gasteiger partial charge in [0.15, 0.2) is 11.5 Å². The van der Waals surface area contributed by atoms with Crippen LogP contribution in [0.15, 0.2) is 60.7 Å². The molecule has 7 heteroatoms. The molecular formula is C31H37F2NO3S. The fourth-order valence-corrected chi connectivity index (χ4v) is 6.48. The van der Waals surface area contributed by atoms with E-state index in [4.69, 9.17) is 14.2 Å². The second-order valence-electron chi connectivity index (χ2n) is 9.72. The Labute approximate surface area is 229 Å². The summed E-state index contributed by atoms with van der Waals surface area (Å²) in [5.74, 6) is 1.83. The molecule has 0 saturated carbocycles. The highest BCUT2D eigenvalue weighted by Gasteiger charge is 2.37. The molecule has 0 aliphatic carbocycles. The number of halogens is 2. The van der Waals surface area contributed by atoms with Gasteiger partial charge in [-0.2, -0.15) is 0 Å². The summed E-state index contributed by atoms with van der Waals surface area (Å²) < 4.78 is 44.7. The minimum Gasteiger partial charge on any atom is -0.493 e. The zero-order valence-corrected chi connectivity index (χ0v) is 23.5. The normalized spacial score (nSPS) is 17.1. The molecule has 0 bridgehead atoms. The molecule has 4 nitrogen and oxygen atoms in total. The van der Waals surface area contributed by atoms with E-state index in [0.29, 0.717) is 6.61 Å². The molecule has 3 aromatic rings. The molecule has 0 amide bonds. The number of hydrogen-bond donors (Lipinski definition) is 0. The lowest BCUT2D eigenvalue weighted by Gasteiger charge is -2.40. The van der Waals surface area contributed by atoms with Crippen molar-refractivity contribution >= 4 is 11.8 Å². The number of benzene rings is 3. The lowest BCUT2D eigenvalue weighted by Crippen LogP contribution is -2.38. The minimum absolute atomic E-state index is 0.00239. The van der Waals surface area contributed by atoms with Gasteiger partial charge in [0.05, 0.1) is 31.7 Å². The first-order valence-corrected chi connectivity index (χ1v) is 14.1. The number of hydrogen-bond acceptors (Lipinski definition) is 5. The molecule has 1 aliphatic rings. The molecule has 0 N–H and O–H groups in total. The zero-order chi connectivity index (χ0) is 27.1. The summed E-state index contributed by atoms with van der Waals surface area (Å²) in [6.07, 6.45) is 2.60. The van der Waals surface area contributed by atoms with Gasteiger partial charge in [-0.1, -0.05) is 31.2 Å². The number of thioether (sulfide) groups is 1. The Morgan fingerprint density at radius 3 is 2.05 bits per heavy atom. The molecule has 204 valence electrons. The smallest absolute Gasteiger partial charge is 0.161 e. The van der Waals surface area contributed by atoms with E-state index in [1.807, 2.05) is 24.3 Å². The molecule has 1 atom stereocenters. The van der Waals surface area contributed by atoms with Crippen LogP contribution < -0.4 is 9.47 Å². The average Bonchev–Trinajstić information content (AvgIpc) is 2.94. The minimum atomic E-state index is -0.362. The largest absolute Gasteiger partial charge is 0.493 e. The van der Waals surface area contributed by atoms with E-state index in [-0.39, 0.29) is 22.5 Å². The van der Waals surface area contributed by atoms with Crippen molar-refractivity contribution in [2.75, 3.05) is 46.7 Å². The maximum atomic E-state index is 13.5. The van der Waals surface area contributed by atoms with Gasteiger partial charge >= 0.3 is 0 Å². The van der Waals surface area contributed by atoms with Crippen LogP contribution in [0.3, 0.4) is 0 Å². The first-order valence-electron chi connectivity index (χ1n) is 13.1. The Hall–Kier alpha value is -2.61. The van der Waals surface area contributed by atoms with E-state index in [0.717, 1.165) is 60.7 Å². The monoisotopic (exact) mass is 541 g/mol. The van der Waals surface area contributed by atoms with Crippen molar-refractivity contribution in [2.24, 2.45) is 0 Å². The predicted molar refractivity (Wildman–Crippen MR) is 150 cm³/mol. The van der Waals surface area contributed by atoms with Gasteiger partial charge in [0, 0.05) is 18.8 Å². The van der Waals surface area contributed by atoms with Crippen LogP contribution in [-0.2, 0) is 16.8 Å². The number of fused-ring (bicyclic) bond motifs is 1. The summed E-state index contributed by atoms with van der Waals surface area (Å²) in [7, 11) is 5.46. The third-order valence-electron chi connectivity index (χ3n) is 7.42. The van der Waals surface area contributed by atoms with Crippen LogP contribution in [0, 0.1) is 11.6 Å². The van der Waals surface area contributed by atoms with E-state index >= 15 is 0 Å². The standard InChI is InChI=1S/C31H37F2NO3S/c1-5-31(27-21-29(36-4)28(35-3)20-24(27)14-18-37-31)15-16-34(2)17-19-38-30(22-6-10-25(32)11-7-22)23-8-12-26(33)13-9-23/h6-13,20-21,30H,5,14-19H2,1-4H3. The molecule has 3 aromatic carbocycles. The molecule has 38 heavy (non-hydrogen) atoms. The van der Waals surface area contributed by atoms with Crippen LogP contribution in [0.1, 0.15) is 47.3 Å². The van der Waals surface area contributed by atoms with Gasteiger partial charge in [-0.25, -0.2) is 8.78 Å². The number of ether oxygens (including phenoxy) is 3. The summed E-state index contributed by atoms with van der Waals surface area (Å²) in [4.78, 5) is 2.33.